The molecule has 1 fully saturated rings. The lowest BCUT2D eigenvalue weighted by Crippen LogP contribution is -2.31. The van der Waals surface area contributed by atoms with Gasteiger partial charge in [-0.25, -0.2) is 9.97 Å². The van der Waals surface area contributed by atoms with E-state index in [0.717, 1.165) is 31.5 Å². The first-order chi connectivity index (χ1) is 12.8. The molecule has 9 heteroatoms. The zero-order valence-corrected chi connectivity index (χ0v) is 14.8. The number of aromatic nitrogens is 5. The molecule has 0 aromatic carbocycles. The molecule has 0 radical (unpaired) electrons. The zero-order chi connectivity index (χ0) is 17.8. The Kier molecular flexibility index (Phi) is 4.78. The number of carbonyl (C=O) groups excluding carboxylic acids is 1. The summed E-state index contributed by atoms with van der Waals surface area (Å²) in [6.45, 7) is 1.87. The summed E-state index contributed by atoms with van der Waals surface area (Å²) in [6, 6.07) is 3.67. The number of hydrogen-bond donors (Lipinski definition) is 1. The lowest BCUT2D eigenvalue weighted by molar-refractivity contribution is 0.102. The topological polar surface area (TPSA) is 96.8 Å². The van der Waals surface area contributed by atoms with Gasteiger partial charge in [-0.2, -0.15) is 0 Å². The smallest absolute Gasteiger partial charge is 0.261 e. The third kappa shape index (κ3) is 3.52. The molecule has 0 unspecified atom stereocenters. The molecule has 4 heterocycles. The standard InChI is InChI=1S/C17H17N7OS/c25-15(22-17-23-20-11-26-17)13-10-19-16(24-8-2-1-3-9-24)21-14(13)12-4-6-18-7-5-12/h4-7,10-11H,1-3,8-9H2,(H,22,23,25). The Balaban J connectivity index is 1.71. The molecule has 1 aliphatic heterocycles. The molecule has 1 aliphatic rings. The van der Waals surface area contributed by atoms with Crippen molar-refractivity contribution in [3.63, 3.8) is 0 Å². The minimum absolute atomic E-state index is 0.307. The van der Waals surface area contributed by atoms with Crippen LogP contribution in [0, 0.1) is 0 Å². The Morgan fingerprint density at radius 1 is 1.15 bits per heavy atom. The Hall–Kier alpha value is -2.94. The average Bonchev–Trinajstić information content (AvgIpc) is 3.22. The van der Waals surface area contributed by atoms with E-state index in [4.69, 9.17) is 4.98 Å². The molecular weight excluding hydrogens is 350 g/mol. The molecular formula is C17H17N7OS. The van der Waals surface area contributed by atoms with Gasteiger partial charge in [0.15, 0.2) is 0 Å². The van der Waals surface area contributed by atoms with Crippen LogP contribution in [0.3, 0.4) is 0 Å². The number of hydrogen-bond acceptors (Lipinski definition) is 8. The number of amides is 1. The second-order valence-corrected chi connectivity index (χ2v) is 6.75. The monoisotopic (exact) mass is 367 g/mol. The quantitative estimate of drug-likeness (QED) is 0.757. The summed E-state index contributed by atoms with van der Waals surface area (Å²) in [5.74, 6) is 0.350. The number of nitrogens with one attached hydrogen (secondary N) is 1. The van der Waals surface area contributed by atoms with Crippen LogP contribution in [0.4, 0.5) is 11.1 Å². The molecule has 1 amide bonds. The van der Waals surface area contributed by atoms with Crippen molar-refractivity contribution in [1.82, 2.24) is 25.1 Å². The summed E-state index contributed by atoms with van der Waals surface area (Å²) in [4.78, 5) is 28.1. The first-order valence-electron chi connectivity index (χ1n) is 8.41. The van der Waals surface area contributed by atoms with Crippen LogP contribution in [0.15, 0.2) is 36.2 Å². The third-order valence-corrected chi connectivity index (χ3v) is 4.80. The molecule has 0 aliphatic carbocycles. The van der Waals surface area contributed by atoms with Gasteiger partial charge in [-0.1, -0.05) is 11.3 Å². The fraction of sp³-hybridized carbons (Fsp3) is 0.294. The predicted molar refractivity (Wildman–Crippen MR) is 99.2 cm³/mol. The van der Waals surface area contributed by atoms with E-state index in [1.807, 2.05) is 12.1 Å². The van der Waals surface area contributed by atoms with Crippen LogP contribution >= 0.6 is 11.3 Å². The Morgan fingerprint density at radius 2 is 1.96 bits per heavy atom. The Bertz CT molecular complexity index is 879. The molecule has 26 heavy (non-hydrogen) atoms. The van der Waals surface area contributed by atoms with E-state index < -0.39 is 0 Å². The lowest BCUT2D eigenvalue weighted by Gasteiger charge is -2.27. The zero-order valence-electron chi connectivity index (χ0n) is 14.0. The number of anilines is 2. The van der Waals surface area contributed by atoms with Crippen molar-refractivity contribution in [3.05, 3.63) is 41.8 Å². The van der Waals surface area contributed by atoms with Crippen molar-refractivity contribution in [3.8, 4) is 11.3 Å². The fourth-order valence-corrected chi connectivity index (χ4v) is 3.35. The fourth-order valence-electron chi connectivity index (χ4n) is 2.91. The molecule has 3 aromatic rings. The van der Waals surface area contributed by atoms with E-state index in [1.165, 1.54) is 17.8 Å². The molecule has 0 bridgehead atoms. The Morgan fingerprint density at radius 3 is 2.69 bits per heavy atom. The van der Waals surface area contributed by atoms with Crippen LogP contribution in [-0.2, 0) is 0 Å². The number of piperidine rings is 1. The van der Waals surface area contributed by atoms with Gasteiger partial charge < -0.3 is 4.90 Å². The highest BCUT2D eigenvalue weighted by Gasteiger charge is 2.20. The number of carbonyl (C=O) groups is 1. The van der Waals surface area contributed by atoms with Crippen LogP contribution in [0.5, 0.6) is 0 Å². The normalized spacial score (nSPS) is 14.2. The first kappa shape index (κ1) is 16.5. The van der Waals surface area contributed by atoms with E-state index in [0.29, 0.717) is 22.3 Å². The second-order valence-electron chi connectivity index (χ2n) is 5.91. The summed E-state index contributed by atoms with van der Waals surface area (Å²) in [5.41, 5.74) is 3.37. The van der Waals surface area contributed by atoms with Crippen molar-refractivity contribution >= 4 is 28.3 Å². The summed E-state index contributed by atoms with van der Waals surface area (Å²) in [6.07, 6.45) is 8.45. The molecule has 4 rings (SSSR count). The maximum Gasteiger partial charge on any atom is 0.261 e. The summed E-state index contributed by atoms with van der Waals surface area (Å²) < 4.78 is 0. The van der Waals surface area contributed by atoms with Gasteiger partial charge in [0.1, 0.15) is 5.51 Å². The van der Waals surface area contributed by atoms with Gasteiger partial charge in [-0.05, 0) is 31.4 Å². The number of pyridine rings is 1. The van der Waals surface area contributed by atoms with Gasteiger partial charge in [-0.3, -0.25) is 15.1 Å². The molecule has 1 N–H and O–H groups in total. The van der Waals surface area contributed by atoms with E-state index in [9.17, 15) is 4.79 Å². The molecule has 0 spiro atoms. The highest BCUT2D eigenvalue weighted by Crippen LogP contribution is 2.25. The molecule has 132 valence electrons. The van der Waals surface area contributed by atoms with Gasteiger partial charge in [0, 0.05) is 37.2 Å². The van der Waals surface area contributed by atoms with Gasteiger partial charge in [0.25, 0.3) is 5.91 Å². The molecule has 0 atom stereocenters. The van der Waals surface area contributed by atoms with Gasteiger partial charge in [0.2, 0.25) is 11.1 Å². The summed E-state index contributed by atoms with van der Waals surface area (Å²) in [7, 11) is 0. The van der Waals surface area contributed by atoms with Crippen LogP contribution in [0.1, 0.15) is 29.6 Å². The molecule has 3 aromatic heterocycles. The number of nitrogens with zero attached hydrogens (tertiary/aromatic N) is 6. The Labute approximate surface area is 154 Å². The van der Waals surface area contributed by atoms with Gasteiger partial charge in [-0.15, -0.1) is 10.2 Å². The van der Waals surface area contributed by atoms with Crippen LogP contribution in [0.2, 0.25) is 0 Å². The van der Waals surface area contributed by atoms with Crippen molar-refractivity contribution in [2.45, 2.75) is 19.3 Å². The van der Waals surface area contributed by atoms with E-state index >= 15 is 0 Å². The van der Waals surface area contributed by atoms with Crippen molar-refractivity contribution < 1.29 is 4.79 Å². The van der Waals surface area contributed by atoms with Crippen molar-refractivity contribution in [2.75, 3.05) is 23.3 Å². The predicted octanol–water partition coefficient (Wildman–Crippen LogP) is 2.63. The molecule has 8 nitrogen and oxygen atoms in total. The molecule has 0 saturated carbocycles. The highest BCUT2D eigenvalue weighted by molar-refractivity contribution is 7.13. The maximum absolute atomic E-state index is 12.7. The summed E-state index contributed by atoms with van der Waals surface area (Å²) in [5, 5.41) is 10.8. The van der Waals surface area contributed by atoms with E-state index in [1.54, 1.807) is 24.1 Å². The minimum atomic E-state index is -0.307. The van der Waals surface area contributed by atoms with Crippen molar-refractivity contribution in [2.24, 2.45) is 0 Å². The first-order valence-corrected chi connectivity index (χ1v) is 9.29. The third-order valence-electron chi connectivity index (χ3n) is 4.19. The SMILES string of the molecule is O=C(Nc1nncs1)c1cnc(N2CCCCC2)nc1-c1ccncc1. The van der Waals surface area contributed by atoms with Gasteiger partial charge in [0.05, 0.1) is 11.3 Å². The highest BCUT2D eigenvalue weighted by atomic mass is 32.1. The van der Waals surface area contributed by atoms with Crippen LogP contribution in [0.25, 0.3) is 11.3 Å². The maximum atomic E-state index is 12.7. The van der Waals surface area contributed by atoms with E-state index in [2.05, 4.69) is 30.4 Å². The van der Waals surface area contributed by atoms with Crippen LogP contribution in [-0.4, -0.2) is 44.1 Å². The summed E-state index contributed by atoms with van der Waals surface area (Å²) >= 11 is 1.26. The van der Waals surface area contributed by atoms with Crippen LogP contribution < -0.4 is 10.2 Å². The number of rotatable bonds is 4. The van der Waals surface area contributed by atoms with Gasteiger partial charge >= 0.3 is 0 Å². The molecule has 1 saturated heterocycles. The van der Waals surface area contributed by atoms with Crippen molar-refractivity contribution in [1.29, 1.82) is 0 Å². The lowest BCUT2D eigenvalue weighted by atomic mass is 10.1. The average molecular weight is 367 g/mol. The van der Waals surface area contributed by atoms with E-state index in [-0.39, 0.29) is 5.91 Å². The second kappa shape index (κ2) is 7.52. The minimum Gasteiger partial charge on any atom is -0.341 e. The largest absolute Gasteiger partial charge is 0.341 e.